The van der Waals surface area contributed by atoms with Gasteiger partial charge in [0.2, 0.25) is 5.91 Å². The van der Waals surface area contributed by atoms with Crippen molar-refractivity contribution in [1.82, 2.24) is 24.3 Å². The zero-order chi connectivity index (χ0) is 25.2. The maximum atomic E-state index is 13.4. The fourth-order valence-electron chi connectivity index (χ4n) is 5.33. The van der Waals surface area contributed by atoms with E-state index in [-0.39, 0.29) is 5.91 Å². The van der Waals surface area contributed by atoms with Crippen molar-refractivity contribution < 1.29 is 4.79 Å². The van der Waals surface area contributed by atoms with E-state index < -0.39 is 6.04 Å². The van der Waals surface area contributed by atoms with Crippen molar-refractivity contribution in [2.75, 3.05) is 54.4 Å². The van der Waals surface area contributed by atoms with Crippen molar-refractivity contribution in [3.63, 3.8) is 0 Å². The number of hydrogen-bond donors (Lipinski definition) is 1. The lowest BCUT2D eigenvalue weighted by Gasteiger charge is -2.37. The number of piperazine rings is 1. The molecule has 1 unspecified atom stereocenters. The van der Waals surface area contributed by atoms with Gasteiger partial charge in [-0.3, -0.25) is 19.2 Å². The Labute approximate surface area is 216 Å². The second-order valence-corrected chi connectivity index (χ2v) is 9.74. The average Bonchev–Trinajstić information content (AvgIpc) is 3.62. The summed E-state index contributed by atoms with van der Waals surface area (Å²) in [4.78, 5) is 33.3. The zero-order valence-corrected chi connectivity index (χ0v) is 21.1. The number of imidazole rings is 1. The smallest absolute Gasteiger partial charge is 0.244 e. The van der Waals surface area contributed by atoms with E-state index >= 15 is 0 Å². The third kappa shape index (κ3) is 4.69. The molecule has 1 N–H and O–H groups in total. The molecule has 2 saturated heterocycles. The fraction of sp³-hybridized carbons (Fsp3) is 0.357. The van der Waals surface area contributed by atoms with Crippen molar-refractivity contribution in [2.45, 2.75) is 25.8 Å². The van der Waals surface area contributed by atoms with E-state index in [1.54, 1.807) is 12.4 Å². The molecular formula is C28H32N8O. The molecule has 0 spiro atoms. The highest BCUT2D eigenvalue weighted by atomic mass is 16.2. The van der Waals surface area contributed by atoms with Gasteiger partial charge in [-0.1, -0.05) is 12.1 Å². The number of carbonyl (C=O) groups excluding carboxylic acids is 1. The molecule has 0 aliphatic carbocycles. The summed E-state index contributed by atoms with van der Waals surface area (Å²) in [5.41, 5.74) is 4.97. The molecule has 5 heterocycles. The molecule has 0 bridgehead atoms. The highest BCUT2D eigenvalue weighted by Gasteiger charge is 2.27. The quantitative estimate of drug-likeness (QED) is 0.437. The minimum atomic E-state index is -0.400. The first-order chi connectivity index (χ1) is 18.2. The van der Waals surface area contributed by atoms with Crippen LogP contribution in [0.15, 0.2) is 67.4 Å². The minimum Gasteiger partial charge on any atom is -0.372 e. The molecule has 1 atom stereocenters. The summed E-state index contributed by atoms with van der Waals surface area (Å²) >= 11 is 0. The largest absolute Gasteiger partial charge is 0.372 e. The van der Waals surface area contributed by atoms with Gasteiger partial charge >= 0.3 is 0 Å². The first-order valence-electron chi connectivity index (χ1n) is 13.0. The molecule has 4 aromatic rings. The molecule has 37 heavy (non-hydrogen) atoms. The van der Waals surface area contributed by atoms with Gasteiger partial charge in [-0.05, 0) is 44.0 Å². The third-order valence-electron chi connectivity index (χ3n) is 7.39. The van der Waals surface area contributed by atoms with Crippen LogP contribution >= 0.6 is 0 Å². The SMILES string of the molecule is CC(Nc1c(-c2ccc(N3CCCC3)cc2)nc2cnccn12)C(=O)N1CCN(c2ccncc2)CC1. The van der Waals surface area contributed by atoms with Crippen LogP contribution in [0.1, 0.15) is 19.8 Å². The van der Waals surface area contributed by atoms with Gasteiger partial charge in [-0.15, -0.1) is 0 Å². The predicted octanol–water partition coefficient (Wildman–Crippen LogP) is 3.54. The van der Waals surface area contributed by atoms with Crippen LogP contribution in [0.2, 0.25) is 0 Å². The van der Waals surface area contributed by atoms with E-state index in [0.29, 0.717) is 13.1 Å². The Kier molecular flexibility index (Phi) is 6.34. The molecule has 0 saturated carbocycles. The van der Waals surface area contributed by atoms with Gasteiger partial charge in [0.1, 0.15) is 17.6 Å². The second kappa shape index (κ2) is 10.1. The van der Waals surface area contributed by atoms with Crippen LogP contribution in [0.25, 0.3) is 16.9 Å². The molecule has 1 aromatic carbocycles. The number of rotatable bonds is 6. The normalized spacial score (nSPS) is 16.8. The lowest BCUT2D eigenvalue weighted by molar-refractivity contribution is -0.131. The van der Waals surface area contributed by atoms with E-state index in [4.69, 9.17) is 4.98 Å². The number of carbonyl (C=O) groups is 1. The van der Waals surface area contributed by atoms with Crippen molar-refractivity contribution >= 4 is 28.7 Å². The number of nitrogens with zero attached hydrogens (tertiary/aromatic N) is 7. The Morgan fingerprint density at radius 3 is 2.24 bits per heavy atom. The lowest BCUT2D eigenvalue weighted by Crippen LogP contribution is -2.52. The van der Waals surface area contributed by atoms with E-state index in [2.05, 4.69) is 49.4 Å². The topological polar surface area (TPSA) is 81.9 Å². The number of fused-ring (bicyclic) bond motifs is 1. The molecule has 9 heteroatoms. The van der Waals surface area contributed by atoms with Crippen molar-refractivity contribution in [2.24, 2.45) is 0 Å². The summed E-state index contributed by atoms with van der Waals surface area (Å²) < 4.78 is 1.97. The second-order valence-electron chi connectivity index (χ2n) is 9.74. The molecular weight excluding hydrogens is 464 g/mol. The fourth-order valence-corrected chi connectivity index (χ4v) is 5.33. The molecule has 1 amide bonds. The molecule has 2 aliphatic rings. The van der Waals surface area contributed by atoms with E-state index in [1.807, 2.05) is 46.9 Å². The molecule has 6 rings (SSSR count). The summed E-state index contributed by atoms with van der Waals surface area (Å²) in [7, 11) is 0. The number of amides is 1. The van der Waals surface area contributed by atoms with Crippen LogP contribution < -0.4 is 15.1 Å². The molecule has 0 radical (unpaired) electrons. The Balaban J connectivity index is 1.20. The number of pyridine rings is 1. The monoisotopic (exact) mass is 496 g/mol. The number of hydrogen-bond acceptors (Lipinski definition) is 7. The van der Waals surface area contributed by atoms with Gasteiger partial charge < -0.3 is 20.0 Å². The summed E-state index contributed by atoms with van der Waals surface area (Å²) in [6.45, 7) is 7.14. The van der Waals surface area contributed by atoms with Crippen LogP contribution in [0.4, 0.5) is 17.2 Å². The summed E-state index contributed by atoms with van der Waals surface area (Å²) in [5.74, 6) is 0.899. The van der Waals surface area contributed by atoms with Crippen molar-refractivity contribution in [3.8, 4) is 11.3 Å². The van der Waals surface area contributed by atoms with Crippen LogP contribution in [0.5, 0.6) is 0 Å². The van der Waals surface area contributed by atoms with Gasteiger partial charge in [0.25, 0.3) is 0 Å². The Morgan fingerprint density at radius 2 is 1.51 bits per heavy atom. The van der Waals surface area contributed by atoms with Crippen LogP contribution in [0.3, 0.4) is 0 Å². The average molecular weight is 497 g/mol. The Hall–Kier alpha value is -4.14. The summed E-state index contributed by atoms with van der Waals surface area (Å²) in [5, 5.41) is 3.49. The van der Waals surface area contributed by atoms with Crippen LogP contribution in [-0.2, 0) is 4.79 Å². The van der Waals surface area contributed by atoms with Gasteiger partial charge in [-0.25, -0.2) is 4.98 Å². The third-order valence-corrected chi connectivity index (χ3v) is 7.39. The van der Waals surface area contributed by atoms with Crippen molar-refractivity contribution in [1.29, 1.82) is 0 Å². The molecule has 3 aromatic heterocycles. The van der Waals surface area contributed by atoms with Gasteiger partial charge in [0.15, 0.2) is 5.65 Å². The Morgan fingerprint density at radius 1 is 0.838 bits per heavy atom. The minimum absolute atomic E-state index is 0.0914. The predicted molar refractivity (Wildman–Crippen MR) is 146 cm³/mol. The van der Waals surface area contributed by atoms with Gasteiger partial charge in [-0.2, -0.15) is 0 Å². The first-order valence-corrected chi connectivity index (χ1v) is 13.0. The number of nitrogens with one attached hydrogen (secondary N) is 1. The lowest BCUT2D eigenvalue weighted by atomic mass is 10.1. The number of anilines is 3. The zero-order valence-electron chi connectivity index (χ0n) is 21.1. The standard InChI is InChI=1S/C28H32N8O/c1-21(28(37)35-18-16-34(17-19-35)24-8-10-29-11-9-24)31-27-26(32-25-20-30-12-15-36(25)27)22-4-6-23(7-5-22)33-13-2-3-14-33/h4-12,15,20-21,31H,2-3,13-14,16-19H2,1H3. The Bertz CT molecular complexity index is 1360. The molecule has 9 nitrogen and oxygen atoms in total. The molecule has 2 fully saturated rings. The summed E-state index contributed by atoms with van der Waals surface area (Å²) in [6.07, 6.45) is 11.5. The molecule has 2 aliphatic heterocycles. The van der Waals surface area contributed by atoms with E-state index in [0.717, 1.165) is 54.6 Å². The maximum Gasteiger partial charge on any atom is 0.244 e. The van der Waals surface area contributed by atoms with Crippen LogP contribution in [0, 0.1) is 0 Å². The van der Waals surface area contributed by atoms with Crippen LogP contribution in [-0.4, -0.2) is 75.5 Å². The number of aromatic nitrogens is 4. The van der Waals surface area contributed by atoms with Gasteiger partial charge in [0, 0.05) is 81.0 Å². The van der Waals surface area contributed by atoms with Gasteiger partial charge in [0.05, 0.1) is 6.20 Å². The first kappa shape index (κ1) is 23.3. The summed E-state index contributed by atoms with van der Waals surface area (Å²) in [6, 6.07) is 12.2. The number of benzene rings is 1. The maximum absolute atomic E-state index is 13.4. The van der Waals surface area contributed by atoms with E-state index in [9.17, 15) is 4.79 Å². The van der Waals surface area contributed by atoms with Crippen molar-refractivity contribution in [3.05, 3.63) is 67.4 Å². The highest BCUT2D eigenvalue weighted by Crippen LogP contribution is 2.31. The molecule has 190 valence electrons. The highest BCUT2D eigenvalue weighted by molar-refractivity contribution is 5.87. The van der Waals surface area contributed by atoms with E-state index in [1.165, 1.54) is 18.5 Å².